The topological polar surface area (TPSA) is 106 Å². The average Bonchev–Trinajstić information content (AvgIpc) is 0.735. The summed E-state index contributed by atoms with van der Waals surface area (Å²) >= 11 is 0. The van der Waals surface area contributed by atoms with E-state index in [9.17, 15) is 20.4 Å². The van der Waals surface area contributed by atoms with Gasteiger partial charge in [0.25, 0.3) is 0 Å². The van der Waals surface area contributed by atoms with Crippen molar-refractivity contribution in [3.63, 3.8) is 0 Å². The van der Waals surface area contributed by atoms with Crippen LogP contribution in [0.15, 0.2) is 206 Å². The summed E-state index contributed by atoms with van der Waals surface area (Å²) in [4.78, 5) is 14.3. The molecule has 0 saturated heterocycles. The second-order valence-corrected chi connectivity index (χ2v) is 35.1. The minimum atomic E-state index is -1.44. The molecule has 0 unspecified atom stereocenters. The van der Waals surface area contributed by atoms with Gasteiger partial charge in [-0.05, 0) is 274 Å². The Morgan fingerprint density at radius 1 is 0.245 bits per heavy atom. The van der Waals surface area contributed by atoms with Gasteiger partial charge in [0, 0.05) is 121 Å². The second kappa shape index (κ2) is 35.7. The number of hydrogen-bond donors (Lipinski definition) is 2. The molecule has 580 valence electrons. The number of phenols is 2. The molecule has 10 aromatic rings. The van der Waals surface area contributed by atoms with E-state index >= 15 is 0 Å². The number of hydrogen-bond acceptors (Lipinski definition) is 10. The quantitative estimate of drug-likeness (QED) is 0.0423. The van der Waals surface area contributed by atoms with Gasteiger partial charge >= 0.3 is 0 Å². The molecule has 1 saturated carbocycles. The fourth-order valence-electron chi connectivity index (χ4n) is 16.7. The van der Waals surface area contributed by atoms with Gasteiger partial charge in [-0.1, -0.05) is 196 Å². The van der Waals surface area contributed by atoms with Gasteiger partial charge in [-0.2, -0.15) is 0 Å². The molecule has 10 heteroatoms. The third-order valence-electron chi connectivity index (χ3n) is 21.4. The standard InChI is InChI=1S/C100H124N6O4/c1-63(2)55-101(56-64(3)4)83-37-43-89(71(17)49-83)75-21-29-79(30-22-75)105(80-31-23-76(24-32-80)90-44-38-84(50-72(90)18)102(57-65(5)6)58-66(7)8)87-41-47-93(95(107)53-87)97-99(109)98(100(97)110)94-48-42-88(54-96(94)108)106(81-33-25-77(26-34-81)91-45-39-85(51-73(91)19)103(59-67(9)10)60-68(11)12)82-35-27-78(28-36-82)92-46-40-86(52-74(92)20)104(61-69(13)14)62-70(15)16/h21-54,63-70,97-100,107-108H,55-62H2,1-20H3/q-2. The van der Waals surface area contributed by atoms with Crippen LogP contribution in [0, 0.1) is 75.0 Å². The van der Waals surface area contributed by atoms with Crippen LogP contribution in [-0.4, -0.2) is 74.8 Å². The maximum absolute atomic E-state index is 14.9. The van der Waals surface area contributed by atoms with E-state index in [0.29, 0.717) is 69.8 Å². The van der Waals surface area contributed by atoms with Gasteiger partial charge in [0.1, 0.15) is 11.5 Å². The smallest absolute Gasteiger partial charge is 0.121 e. The maximum atomic E-state index is 14.9. The molecular weight excluding hydrogens is 1350 g/mol. The Bertz CT molecular complexity index is 4110. The lowest BCUT2D eigenvalue weighted by Gasteiger charge is -2.61. The number of benzene rings is 10. The molecule has 0 bridgehead atoms. The van der Waals surface area contributed by atoms with Gasteiger partial charge in [-0.25, -0.2) is 0 Å². The maximum Gasteiger partial charge on any atom is 0.121 e. The Labute approximate surface area is 660 Å². The molecule has 1 aliphatic rings. The molecule has 110 heavy (non-hydrogen) atoms. The van der Waals surface area contributed by atoms with E-state index in [1.54, 1.807) is 24.3 Å². The molecular formula is C100H124N6O4-2. The van der Waals surface area contributed by atoms with Crippen LogP contribution in [-0.2, 0) is 0 Å². The summed E-state index contributed by atoms with van der Waals surface area (Å²) in [5.41, 5.74) is 24.2. The van der Waals surface area contributed by atoms with E-state index in [4.69, 9.17) is 0 Å². The minimum absolute atomic E-state index is 0.123. The molecule has 10 nitrogen and oxygen atoms in total. The van der Waals surface area contributed by atoms with Crippen LogP contribution in [0.5, 0.6) is 11.5 Å². The zero-order valence-corrected chi connectivity index (χ0v) is 69.6. The van der Waals surface area contributed by atoms with E-state index < -0.39 is 24.0 Å². The summed E-state index contributed by atoms with van der Waals surface area (Å²) in [7, 11) is 0. The van der Waals surface area contributed by atoms with Gasteiger partial charge in [-0.3, -0.25) is 0 Å². The van der Waals surface area contributed by atoms with Crippen LogP contribution in [0.3, 0.4) is 0 Å². The molecule has 11 rings (SSSR count). The second-order valence-electron chi connectivity index (χ2n) is 35.1. The predicted molar refractivity (Wildman–Crippen MR) is 467 cm³/mol. The highest BCUT2D eigenvalue weighted by Gasteiger charge is 2.41. The lowest BCUT2D eigenvalue weighted by atomic mass is 9.63. The zero-order chi connectivity index (χ0) is 79.1. The molecule has 0 spiro atoms. The Hall–Kier alpha value is -9.48. The van der Waals surface area contributed by atoms with Crippen LogP contribution >= 0.6 is 0 Å². The van der Waals surface area contributed by atoms with E-state index in [0.717, 1.165) is 120 Å². The molecule has 0 radical (unpaired) electrons. The SMILES string of the molecule is Cc1cc(N(CC(C)C)CC(C)C)ccc1-c1ccc(N(c2ccc(-c3ccc(N(CC(C)C)CC(C)C)cc3C)cc2)c2ccc(C3C([O-])C(c4ccc(N(c5ccc(-c6ccc(N(CC(C)C)CC(C)C)cc6C)cc5)c5ccc(-c6ccc(N(CC(C)C)CC(C)C)cc6C)cc5)cc4O)C3[O-])c(O)c2)cc1. The molecule has 1 fully saturated rings. The predicted octanol–water partition coefficient (Wildman–Crippen LogP) is 23.8. The first kappa shape index (κ1) is 81.5. The van der Waals surface area contributed by atoms with Crippen molar-refractivity contribution in [2.24, 2.45) is 47.3 Å². The third kappa shape index (κ3) is 19.3. The fourth-order valence-corrected chi connectivity index (χ4v) is 16.7. The number of phenolic OH excluding ortho intramolecular Hbond substituents is 2. The summed E-state index contributed by atoms with van der Waals surface area (Å²) in [5.74, 6) is 1.92. The van der Waals surface area contributed by atoms with Crippen LogP contribution in [0.25, 0.3) is 44.5 Å². The van der Waals surface area contributed by atoms with Crippen LogP contribution in [0.4, 0.5) is 56.9 Å². The minimum Gasteiger partial charge on any atom is -0.851 e. The monoisotopic (exact) mass is 1470 g/mol. The van der Waals surface area contributed by atoms with E-state index in [1.165, 1.54) is 45.0 Å². The lowest BCUT2D eigenvalue weighted by Crippen LogP contribution is -2.63. The Morgan fingerprint density at radius 2 is 0.427 bits per heavy atom. The van der Waals surface area contributed by atoms with Crippen molar-refractivity contribution >= 4 is 56.9 Å². The summed E-state index contributed by atoms with van der Waals surface area (Å²) < 4.78 is 0. The first-order valence-corrected chi connectivity index (χ1v) is 40.8. The molecule has 2 N–H and O–H groups in total. The number of anilines is 10. The molecule has 0 aromatic heterocycles. The van der Waals surface area contributed by atoms with E-state index in [-0.39, 0.29) is 11.5 Å². The van der Waals surface area contributed by atoms with Crippen molar-refractivity contribution in [3.8, 4) is 56.0 Å². The van der Waals surface area contributed by atoms with Gasteiger partial charge in [0.2, 0.25) is 0 Å². The molecule has 1 aliphatic carbocycles. The number of rotatable bonds is 32. The van der Waals surface area contributed by atoms with Gasteiger partial charge in [0.15, 0.2) is 0 Å². The van der Waals surface area contributed by atoms with Crippen molar-refractivity contribution in [3.05, 3.63) is 240 Å². The van der Waals surface area contributed by atoms with Crippen molar-refractivity contribution < 1.29 is 20.4 Å². The third-order valence-corrected chi connectivity index (χ3v) is 21.4. The molecule has 0 amide bonds. The summed E-state index contributed by atoms with van der Waals surface area (Å²) in [6.45, 7) is 53.1. The Kier molecular flexibility index (Phi) is 26.4. The molecule has 0 heterocycles. The van der Waals surface area contributed by atoms with Crippen molar-refractivity contribution in [2.45, 2.75) is 163 Å². The molecule has 10 aromatic carbocycles. The molecule has 0 aliphatic heterocycles. The van der Waals surface area contributed by atoms with Crippen molar-refractivity contribution in [1.29, 1.82) is 0 Å². The van der Waals surface area contributed by atoms with Crippen LogP contribution in [0.2, 0.25) is 0 Å². The summed E-state index contributed by atoms with van der Waals surface area (Å²) in [6, 6.07) is 72.3. The average molecular weight is 1470 g/mol. The highest BCUT2D eigenvalue weighted by atomic mass is 16.3. The summed E-state index contributed by atoms with van der Waals surface area (Å²) in [6.07, 6.45) is -2.88. The normalized spacial score (nSPS) is 15.1. The zero-order valence-electron chi connectivity index (χ0n) is 69.6. The Morgan fingerprint density at radius 3 is 0.600 bits per heavy atom. The van der Waals surface area contributed by atoms with Crippen molar-refractivity contribution in [1.82, 2.24) is 0 Å². The van der Waals surface area contributed by atoms with Gasteiger partial charge in [-0.15, -0.1) is 12.2 Å². The summed E-state index contributed by atoms with van der Waals surface area (Å²) in [5, 5.41) is 54.3. The lowest BCUT2D eigenvalue weighted by molar-refractivity contribution is -0.536. The van der Waals surface area contributed by atoms with Crippen LogP contribution < -0.4 is 39.6 Å². The number of aryl methyl sites for hydroxylation is 4. The first-order chi connectivity index (χ1) is 52.4. The van der Waals surface area contributed by atoms with Crippen LogP contribution in [0.1, 0.15) is 156 Å². The highest BCUT2D eigenvalue weighted by Crippen LogP contribution is 2.52. The van der Waals surface area contributed by atoms with E-state index in [2.05, 4.69) is 338 Å². The number of nitrogens with zero attached hydrogens (tertiary/aromatic N) is 6. The van der Waals surface area contributed by atoms with Crippen molar-refractivity contribution in [2.75, 3.05) is 81.8 Å². The van der Waals surface area contributed by atoms with Gasteiger partial charge in [0.05, 0.1) is 0 Å². The molecule has 0 atom stereocenters. The highest BCUT2D eigenvalue weighted by molar-refractivity contribution is 5.85. The number of aromatic hydroxyl groups is 2. The Balaban J connectivity index is 0.894. The van der Waals surface area contributed by atoms with Gasteiger partial charge < -0.3 is 49.8 Å². The van der Waals surface area contributed by atoms with E-state index in [1.807, 2.05) is 12.1 Å². The first-order valence-electron chi connectivity index (χ1n) is 40.8. The fraction of sp³-hybridized carbons (Fsp3) is 0.400. The largest absolute Gasteiger partial charge is 0.851 e.